The van der Waals surface area contributed by atoms with E-state index in [1.165, 1.54) is 0 Å². The Morgan fingerprint density at radius 3 is 2.23 bits per heavy atom. The molecule has 0 aliphatic carbocycles. The number of rotatable bonds is 10. The standard InChI is InChI=1S/C21H22O5/c1-2-6-19(22)17-9-11-18(12-10-17)25-14-13-20(23)21(24)26-15-16-7-4-3-5-8-16/h3-5,7-12H,2,6,13-15H2,1H3. The molecule has 5 heteroatoms. The van der Waals surface area contributed by atoms with Crippen molar-refractivity contribution in [3.8, 4) is 5.75 Å². The summed E-state index contributed by atoms with van der Waals surface area (Å²) in [5.41, 5.74) is 1.46. The zero-order valence-corrected chi connectivity index (χ0v) is 14.8. The number of benzene rings is 2. The topological polar surface area (TPSA) is 69.7 Å². The molecule has 0 unspecified atom stereocenters. The molecule has 0 amide bonds. The maximum absolute atomic E-state index is 11.8. The lowest BCUT2D eigenvalue weighted by Crippen LogP contribution is -2.19. The molecule has 0 aromatic heterocycles. The van der Waals surface area contributed by atoms with Gasteiger partial charge in [0.1, 0.15) is 12.4 Å². The van der Waals surface area contributed by atoms with Gasteiger partial charge in [-0.25, -0.2) is 4.79 Å². The summed E-state index contributed by atoms with van der Waals surface area (Å²) in [4.78, 5) is 35.2. The van der Waals surface area contributed by atoms with Crippen LogP contribution in [0.25, 0.3) is 0 Å². The molecule has 0 bridgehead atoms. The fourth-order valence-electron chi connectivity index (χ4n) is 2.28. The summed E-state index contributed by atoms with van der Waals surface area (Å²) in [6, 6.07) is 15.9. The monoisotopic (exact) mass is 354 g/mol. The van der Waals surface area contributed by atoms with Gasteiger partial charge in [-0.15, -0.1) is 0 Å². The van der Waals surface area contributed by atoms with Crippen molar-refractivity contribution in [3.05, 3.63) is 65.7 Å². The van der Waals surface area contributed by atoms with Gasteiger partial charge in [-0.05, 0) is 36.2 Å². The van der Waals surface area contributed by atoms with Gasteiger partial charge in [0.25, 0.3) is 0 Å². The third-order valence-corrected chi connectivity index (χ3v) is 3.69. The second-order valence-electron chi connectivity index (χ2n) is 5.78. The summed E-state index contributed by atoms with van der Waals surface area (Å²) in [6.45, 7) is 2.10. The summed E-state index contributed by atoms with van der Waals surface area (Å²) in [6.07, 6.45) is 1.25. The van der Waals surface area contributed by atoms with Gasteiger partial charge in [0.15, 0.2) is 5.78 Å². The van der Waals surface area contributed by atoms with Crippen molar-refractivity contribution in [1.29, 1.82) is 0 Å². The van der Waals surface area contributed by atoms with Crippen molar-refractivity contribution < 1.29 is 23.9 Å². The summed E-state index contributed by atoms with van der Waals surface area (Å²) < 4.78 is 10.4. The fourth-order valence-corrected chi connectivity index (χ4v) is 2.28. The van der Waals surface area contributed by atoms with Crippen molar-refractivity contribution in [2.45, 2.75) is 32.8 Å². The van der Waals surface area contributed by atoms with Crippen LogP contribution in [0.5, 0.6) is 5.75 Å². The molecule has 136 valence electrons. The number of carbonyl (C=O) groups excluding carboxylic acids is 3. The van der Waals surface area contributed by atoms with E-state index in [-0.39, 0.29) is 25.4 Å². The average molecular weight is 354 g/mol. The predicted molar refractivity (Wildman–Crippen MR) is 97.0 cm³/mol. The lowest BCUT2D eigenvalue weighted by Gasteiger charge is -2.07. The van der Waals surface area contributed by atoms with Gasteiger partial charge in [0, 0.05) is 12.0 Å². The molecule has 0 saturated heterocycles. The van der Waals surface area contributed by atoms with Gasteiger partial charge in [-0.1, -0.05) is 37.3 Å². The highest BCUT2D eigenvalue weighted by atomic mass is 16.5. The number of ketones is 2. The Bertz CT molecular complexity index is 735. The number of carbonyl (C=O) groups is 3. The third-order valence-electron chi connectivity index (χ3n) is 3.69. The highest BCUT2D eigenvalue weighted by Gasteiger charge is 2.15. The van der Waals surface area contributed by atoms with E-state index in [0.29, 0.717) is 17.7 Å². The van der Waals surface area contributed by atoms with Crippen LogP contribution in [0.2, 0.25) is 0 Å². The molecule has 0 aliphatic rings. The molecule has 0 fully saturated rings. The minimum Gasteiger partial charge on any atom is -0.493 e. The first-order chi connectivity index (χ1) is 12.6. The molecule has 0 atom stereocenters. The Morgan fingerprint density at radius 2 is 1.58 bits per heavy atom. The number of Topliss-reactive ketones (excluding diaryl/α,β-unsaturated/α-hetero) is 2. The Hall–Kier alpha value is -2.95. The normalized spacial score (nSPS) is 10.2. The van der Waals surface area contributed by atoms with Crippen LogP contribution in [0.4, 0.5) is 0 Å². The summed E-state index contributed by atoms with van der Waals surface area (Å²) in [7, 11) is 0. The Labute approximate surface area is 152 Å². The van der Waals surface area contributed by atoms with E-state index >= 15 is 0 Å². The minimum absolute atomic E-state index is 0.0653. The molecular weight excluding hydrogens is 332 g/mol. The predicted octanol–water partition coefficient (Wildman–Crippen LogP) is 3.75. The highest BCUT2D eigenvalue weighted by molar-refractivity contribution is 6.33. The molecule has 2 aromatic rings. The average Bonchev–Trinajstić information content (AvgIpc) is 2.67. The molecule has 0 saturated carbocycles. The minimum atomic E-state index is -0.863. The van der Waals surface area contributed by atoms with E-state index in [9.17, 15) is 14.4 Å². The first kappa shape index (κ1) is 19.4. The quantitative estimate of drug-likeness (QED) is 0.369. The van der Waals surface area contributed by atoms with Crippen LogP contribution < -0.4 is 4.74 Å². The number of ether oxygens (including phenoxy) is 2. The van der Waals surface area contributed by atoms with E-state index in [1.54, 1.807) is 24.3 Å². The van der Waals surface area contributed by atoms with Crippen LogP contribution in [-0.4, -0.2) is 24.1 Å². The zero-order chi connectivity index (χ0) is 18.8. The summed E-state index contributed by atoms with van der Waals surface area (Å²) in [5.74, 6) is -0.854. The van der Waals surface area contributed by atoms with E-state index in [2.05, 4.69) is 0 Å². The second-order valence-corrected chi connectivity index (χ2v) is 5.78. The molecule has 5 nitrogen and oxygen atoms in total. The van der Waals surface area contributed by atoms with Gasteiger partial charge in [0.2, 0.25) is 5.78 Å². The van der Waals surface area contributed by atoms with Crippen LogP contribution in [0, 0.1) is 0 Å². The number of esters is 1. The molecule has 0 radical (unpaired) electrons. The van der Waals surface area contributed by atoms with Crippen molar-refractivity contribution in [2.24, 2.45) is 0 Å². The van der Waals surface area contributed by atoms with Crippen molar-refractivity contribution >= 4 is 17.5 Å². The molecule has 0 N–H and O–H groups in total. The highest BCUT2D eigenvalue weighted by Crippen LogP contribution is 2.14. The third kappa shape index (κ3) is 6.16. The second kappa shape index (κ2) is 10.1. The van der Waals surface area contributed by atoms with Gasteiger partial charge in [-0.3, -0.25) is 9.59 Å². The van der Waals surface area contributed by atoms with Crippen molar-refractivity contribution in [3.63, 3.8) is 0 Å². The Balaban J connectivity index is 1.72. The van der Waals surface area contributed by atoms with E-state index < -0.39 is 11.8 Å². The number of hydrogen-bond acceptors (Lipinski definition) is 5. The van der Waals surface area contributed by atoms with Gasteiger partial charge < -0.3 is 9.47 Å². The molecule has 0 spiro atoms. The van der Waals surface area contributed by atoms with Crippen LogP contribution in [0.1, 0.15) is 42.1 Å². The van der Waals surface area contributed by atoms with E-state index in [0.717, 1.165) is 12.0 Å². The van der Waals surface area contributed by atoms with Gasteiger partial charge >= 0.3 is 5.97 Å². The van der Waals surface area contributed by atoms with Crippen LogP contribution in [0.15, 0.2) is 54.6 Å². The van der Waals surface area contributed by atoms with Crippen LogP contribution in [0.3, 0.4) is 0 Å². The van der Waals surface area contributed by atoms with E-state index in [1.807, 2.05) is 37.3 Å². The fraction of sp³-hybridized carbons (Fsp3) is 0.286. The lowest BCUT2D eigenvalue weighted by molar-refractivity contribution is -0.155. The summed E-state index contributed by atoms with van der Waals surface area (Å²) >= 11 is 0. The SMILES string of the molecule is CCCC(=O)c1ccc(OCCC(=O)C(=O)OCc2ccccc2)cc1. The molecule has 2 rings (SSSR count). The smallest absolute Gasteiger partial charge is 0.375 e. The summed E-state index contributed by atoms with van der Waals surface area (Å²) in [5, 5.41) is 0. The van der Waals surface area contributed by atoms with Crippen molar-refractivity contribution in [1.82, 2.24) is 0 Å². The largest absolute Gasteiger partial charge is 0.493 e. The first-order valence-corrected chi connectivity index (χ1v) is 8.60. The maximum Gasteiger partial charge on any atom is 0.375 e. The van der Waals surface area contributed by atoms with Crippen molar-refractivity contribution in [2.75, 3.05) is 6.61 Å². The Kier molecular flexibility index (Phi) is 7.55. The lowest BCUT2D eigenvalue weighted by atomic mass is 10.1. The molecule has 0 heterocycles. The van der Waals surface area contributed by atoms with Gasteiger partial charge in [-0.2, -0.15) is 0 Å². The molecular formula is C21H22O5. The molecule has 0 aliphatic heterocycles. The van der Waals surface area contributed by atoms with Crippen LogP contribution in [-0.2, 0) is 20.9 Å². The zero-order valence-electron chi connectivity index (χ0n) is 14.8. The van der Waals surface area contributed by atoms with Gasteiger partial charge in [0.05, 0.1) is 13.0 Å². The van der Waals surface area contributed by atoms with Crippen LogP contribution >= 0.6 is 0 Å². The molecule has 2 aromatic carbocycles. The Morgan fingerprint density at radius 1 is 0.885 bits per heavy atom. The number of hydrogen-bond donors (Lipinski definition) is 0. The molecule has 26 heavy (non-hydrogen) atoms. The maximum atomic E-state index is 11.8. The van der Waals surface area contributed by atoms with E-state index in [4.69, 9.17) is 9.47 Å². The first-order valence-electron chi connectivity index (χ1n) is 8.60.